The summed E-state index contributed by atoms with van der Waals surface area (Å²) in [6, 6.07) is 11.4. The quantitative estimate of drug-likeness (QED) is 0.525. The minimum absolute atomic E-state index is 0.0764. The van der Waals surface area contributed by atoms with Crippen LogP contribution < -0.4 is 9.62 Å². The molecule has 0 saturated heterocycles. The fourth-order valence-corrected chi connectivity index (χ4v) is 4.64. The molecule has 1 atom stereocenters. The minimum atomic E-state index is -3.77. The normalized spacial score (nSPS) is 12.4. The first-order chi connectivity index (χ1) is 15.8. The first-order valence-electron chi connectivity index (χ1n) is 11.2. The van der Waals surface area contributed by atoms with Crippen LogP contribution in [0.4, 0.5) is 5.69 Å². The van der Waals surface area contributed by atoms with Gasteiger partial charge in [-0.3, -0.25) is 13.9 Å². The molecule has 186 valence electrons. The van der Waals surface area contributed by atoms with E-state index in [1.165, 1.54) is 4.90 Å². The number of benzene rings is 2. The molecular formula is C25H34ClN3O4S. The van der Waals surface area contributed by atoms with Crippen LogP contribution in [0.15, 0.2) is 42.5 Å². The van der Waals surface area contributed by atoms with Gasteiger partial charge in [0, 0.05) is 17.6 Å². The second kappa shape index (κ2) is 11.7. The molecule has 2 amide bonds. The summed E-state index contributed by atoms with van der Waals surface area (Å²) in [4.78, 5) is 28.0. The fourth-order valence-electron chi connectivity index (χ4n) is 3.60. The Hall–Kier alpha value is -2.58. The van der Waals surface area contributed by atoms with Crippen LogP contribution in [0.2, 0.25) is 5.02 Å². The summed E-state index contributed by atoms with van der Waals surface area (Å²) >= 11 is 6.35. The number of amides is 2. The van der Waals surface area contributed by atoms with Gasteiger partial charge < -0.3 is 10.2 Å². The van der Waals surface area contributed by atoms with Crippen molar-refractivity contribution in [2.75, 3.05) is 17.1 Å². The van der Waals surface area contributed by atoms with E-state index in [4.69, 9.17) is 11.6 Å². The van der Waals surface area contributed by atoms with E-state index in [1.54, 1.807) is 36.4 Å². The number of nitrogens with one attached hydrogen (secondary N) is 1. The molecule has 0 aliphatic carbocycles. The van der Waals surface area contributed by atoms with E-state index in [2.05, 4.69) is 5.32 Å². The van der Waals surface area contributed by atoms with Crippen molar-refractivity contribution < 1.29 is 18.0 Å². The van der Waals surface area contributed by atoms with Crippen molar-refractivity contribution in [1.82, 2.24) is 10.2 Å². The van der Waals surface area contributed by atoms with Gasteiger partial charge >= 0.3 is 0 Å². The largest absolute Gasteiger partial charge is 0.352 e. The SMILES string of the molecule is CC[C@H](C(=O)NC(C)C)N(Cc1ccccc1Cl)C(=O)CN(c1ccc(C)c(C)c1)S(C)(=O)=O. The van der Waals surface area contributed by atoms with E-state index in [0.717, 1.165) is 21.7 Å². The van der Waals surface area contributed by atoms with E-state index >= 15 is 0 Å². The molecule has 2 aromatic rings. The van der Waals surface area contributed by atoms with Crippen LogP contribution in [0.25, 0.3) is 0 Å². The number of hydrogen-bond acceptors (Lipinski definition) is 4. The predicted octanol–water partition coefficient (Wildman–Crippen LogP) is 4.05. The van der Waals surface area contributed by atoms with Crippen molar-refractivity contribution in [3.63, 3.8) is 0 Å². The number of carbonyl (C=O) groups excluding carboxylic acids is 2. The number of hydrogen-bond donors (Lipinski definition) is 1. The Bertz CT molecular complexity index is 1130. The number of carbonyl (C=O) groups is 2. The van der Waals surface area contributed by atoms with Gasteiger partial charge in [0.25, 0.3) is 0 Å². The summed E-state index contributed by atoms with van der Waals surface area (Å²) in [5.74, 6) is -0.788. The molecule has 0 bridgehead atoms. The number of halogens is 1. The van der Waals surface area contributed by atoms with Gasteiger partial charge in [0.15, 0.2) is 0 Å². The lowest BCUT2D eigenvalue weighted by Gasteiger charge is -2.33. The number of rotatable bonds is 10. The molecule has 0 fully saturated rings. The molecule has 7 nitrogen and oxygen atoms in total. The second-order valence-corrected chi connectivity index (χ2v) is 11.1. The first kappa shape index (κ1) is 27.7. The van der Waals surface area contributed by atoms with E-state index in [9.17, 15) is 18.0 Å². The van der Waals surface area contributed by atoms with E-state index in [0.29, 0.717) is 22.7 Å². The molecule has 0 spiro atoms. The third-order valence-corrected chi connectivity index (χ3v) is 7.08. The summed E-state index contributed by atoms with van der Waals surface area (Å²) in [5, 5.41) is 3.33. The van der Waals surface area contributed by atoms with Gasteiger partial charge in [-0.2, -0.15) is 0 Å². The topological polar surface area (TPSA) is 86.8 Å². The highest BCUT2D eigenvalue weighted by molar-refractivity contribution is 7.92. The number of nitrogens with zero attached hydrogens (tertiary/aromatic N) is 2. The first-order valence-corrected chi connectivity index (χ1v) is 13.5. The van der Waals surface area contributed by atoms with Crippen molar-refractivity contribution in [3.05, 3.63) is 64.2 Å². The molecule has 2 rings (SSSR count). The molecule has 0 unspecified atom stereocenters. The molecule has 0 aromatic heterocycles. The number of anilines is 1. The maximum absolute atomic E-state index is 13.6. The molecule has 1 N–H and O–H groups in total. The van der Waals surface area contributed by atoms with Crippen molar-refractivity contribution in [2.45, 2.75) is 59.7 Å². The van der Waals surface area contributed by atoms with Gasteiger partial charge in [-0.1, -0.05) is 42.8 Å². The van der Waals surface area contributed by atoms with Crippen molar-refractivity contribution >= 4 is 39.1 Å². The van der Waals surface area contributed by atoms with Crippen molar-refractivity contribution in [1.29, 1.82) is 0 Å². The standard InChI is InChI=1S/C25H34ClN3O4S/c1-7-23(25(31)27-17(2)3)28(15-20-10-8-9-11-22(20)26)24(30)16-29(34(6,32)33)21-13-12-18(4)19(5)14-21/h8-14,17,23H,7,15-16H2,1-6H3,(H,27,31)/t23-/m1/s1. The van der Waals surface area contributed by atoms with Gasteiger partial charge in [-0.25, -0.2) is 8.42 Å². The maximum atomic E-state index is 13.6. The Morgan fingerprint density at radius 3 is 2.24 bits per heavy atom. The van der Waals surface area contributed by atoms with Crippen LogP contribution in [0.1, 0.15) is 43.9 Å². The Kier molecular flexibility index (Phi) is 9.53. The average molecular weight is 508 g/mol. The Balaban J connectivity index is 2.48. The lowest BCUT2D eigenvalue weighted by atomic mass is 10.1. The number of aryl methyl sites for hydroxylation is 2. The molecule has 0 aliphatic heterocycles. The highest BCUT2D eigenvalue weighted by Crippen LogP contribution is 2.24. The van der Waals surface area contributed by atoms with Gasteiger partial charge in [0.2, 0.25) is 21.8 Å². The summed E-state index contributed by atoms with van der Waals surface area (Å²) in [5.41, 5.74) is 3.00. The predicted molar refractivity (Wildman–Crippen MR) is 137 cm³/mol. The second-order valence-electron chi connectivity index (χ2n) is 8.74. The van der Waals surface area contributed by atoms with E-state index in [-0.39, 0.29) is 18.5 Å². The molecule has 0 saturated carbocycles. The summed E-state index contributed by atoms with van der Waals surface area (Å²) in [6.07, 6.45) is 1.42. The van der Waals surface area contributed by atoms with Gasteiger partial charge in [-0.05, 0) is 69.0 Å². The smallest absolute Gasteiger partial charge is 0.244 e. The average Bonchev–Trinajstić information content (AvgIpc) is 2.73. The van der Waals surface area contributed by atoms with Crippen LogP contribution in [-0.4, -0.2) is 50.0 Å². The van der Waals surface area contributed by atoms with Crippen molar-refractivity contribution in [3.8, 4) is 0 Å². The number of sulfonamides is 1. The van der Waals surface area contributed by atoms with Crippen LogP contribution in [0.3, 0.4) is 0 Å². The Morgan fingerprint density at radius 1 is 1.06 bits per heavy atom. The minimum Gasteiger partial charge on any atom is -0.352 e. The van der Waals surface area contributed by atoms with Gasteiger partial charge in [0.1, 0.15) is 12.6 Å². The molecule has 34 heavy (non-hydrogen) atoms. The fraction of sp³-hybridized carbons (Fsp3) is 0.440. The summed E-state index contributed by atoms with van der Waals surface area (Å²) < 4.78 is 26.4. The van der Waals surface area contributed by atoms with Gasteiger partial charge in [0.05, 0.1) is 11.9 Å². The third kappa shape index (κ3) is 7.21. The zero-order chi connectivity index (χ0) is 25.6. The van der Waals surface area contributed by atoms with Crippen LogP contribution in [0.5, 0.6) is 0 Å². The molecule has 0 radical (unpaired) electrons. The third-order valence-electron chi connectivity index (χ3n) is 5.57. The zero-order valence-corrected chi connectivity index (χ0v) is 22.2. The molecular weight excluding hydrogens is 474 g/mol. The zero-order valence-electron chi connectivity index (χ0n) is 20.6. The molecule has 2 aromatic carbocycles. The summed E-state index contributed by atoms with van der Waals surface area (Å²) in [6.45, 7) is 8.96. The van der Waals surface area contributed by atoms with Crippen LogP contribution >= 0.6 is 11.6 Å². The van der Waals surface area contributed by atoms with E-state index in [1.807, 2.05) is 40.7 Å². The van der Waals surface area contributed by atoms with Crippen LogP contribution in [-0.2, 0) is 26.2 Å². The van der Waals surface area contributed by atoms with Crippen molar-refractivity contribution in [2.24, 2.45) is 0 Å². The molecule has 0 heterocycles. The highest BCUT2D eigenvalue weighted by atomic mass is 35.5. The lowest BCUT2D eigenvalue weighted by Crippen LogP contribution is -2.53. The Morgan fingerprint density at radius 2 is 1.71 bits per heavy atom. The molecule has 9 heteroatoms. The molecule has 0 aliphatic rings. The van der Waals surface area contributed by atoms with Gasteiger partial charge in [-0.15, -0.1) is 0 Å². The highest BCUT2D eigenvalue weighted by Gasteiger charge is 2.32. The maximum Gasteiger partial charge on any atom is 0.244 e. The van der Waals surface area contributed by atoms with Crippen LogP contribution in [0, 0.1) is 13.8 Å². The lowest BCUT2D eigenvalue weighted by molar-refractivity contribution is -0.140. The summed E-state index contributed by atoms with van der Waals surface area (Å²) in [7, 11) is -3.77. The Labute approximate surface area is 208 Å². The monoisotopic (exact) mass is 507 g/mol. The van der Waals surface area contributed by atoms with E-state index < -0.39 is 28.5 Å².